The second-order valence-electron chi connectivity index (χ2n) is 4.67. The molecule has 1 nitrogen and oxygen atoms in total. The van der Waals surface area contributed by atoms with E-state index in [2.05, 4.69) is 5.32 Å². The molecule has 0 aliphatic carbocycles. The van der Waals surface area contributed by atoms with E-state index in [-0.39, 0.29) is 6.42 Å². The Morgan fingerprint density at radius 1 is 1.25 bits per heavy atom. The van der Waals surface area contributed by atoms with Crippen molar-refractivity contribution in [1.29, 1.82) is 0 Å². The predicted octanol–water partition coefficient (Wildman–Crippen LogP) is 3.23. The maximum atomic E-state index is 14.1. The van der Waals surface area contributed by atoms with E-state index in [1.165, 1.54) is 0 Å². The summed E-state index contributed by atoms with van der Waals surface area (Å²) in [6.45, 7) is 4.14. The molecule has 0 bridgehead atoms. The van der Waals surface area contributed by atoms with Gasteiger partial charge in [-0.1, -0.05) is 24.3 Å². The maximum absolute atomic E-state index is 14.1. The summed E-state index contributed by atoms with van der Waals surface area (Å²) in [4.78, 5) is 0. The molecule has 0 amide bonds. The first-order valence-electron chi connectivity index (χ1n) is 5.66. The number of alkyl halides is 2. The van der Waals surface area contributed by atoms with Crippen LogP contribution in [0.4, 0.5) is 8.78 Å². The van der Waals surface area contributed by atoms with Crippen molar-refractivity contribution in [3.8, 4) is 0 Å². The zero-order chi connectivity index (χ0) is 11.8. The normalized spacial score (nSPS) is 29.0. The van der Waals surface area contributed by atoms with Gasteiger partial charge >= 0.3 is 0 Å². The lowest BCUT2D eigenvalue weighted by Crippen LogP contribution is -2.57. The molecule has 1 heterocycles. The minimum Gasteiger partial charge on any atom is -0.303 e. The van der Waals surface area contributed by atoms with Crippen molar-refractivity contribution >= 4 is 0 Å². The molecule has 88 valence electrons. The third-order valence-corrected chi connectivity index (χ3v) is 3.56. The van der Waals surface area contributed by atoms with Crippen molar-refractivity contribution in [2.75, 3.05) is 6.54 Å². The van der Waals surface area contributed by atoms with Gasteiger partial charge in [0.15, 0.2) is 0 Å². The Bertz CT molecular complexity index is 389. The molecular weight excluding hydrogens is 208 g/mol. The molecule has 1 aliphatic rings. The molecule has 1 atom stereocenters. The molecule has 16 heavy (non-hydrogen) atoms. The average Bonchev–Trinajstić information content (AvgIpc) is 2.23. The summed E-state index contributed by atoms with van der Waals surface area (Å²) < 4.78 is 28.1. The van der Waals surface area contributed by atoms with E-state index in [0.29, 0.717) is 18.5 Å². The SMILES string of the molecule is Cc1ccccc1C1(C)NCCCC1(F)F. The molecular formula is C13H17F2N. The Morgan fingerprint density at radius 2 is 1.94 bits per heavy atom. The van der Waals surface area contributed by atoms with Gasteiger partial charge in [-0.25, -0.2) is 8.78 Å². The number of hydrogen-bond donors (Lipinski definition) is 1. The monoisotopic (exact) mass is 225 g/mol. The highest BCUT2D eigenvalue weighted by Gasteiger charge is 2.52. The van der Waals surface area contributed by atoms with Crippen LogP contribution in [-0.2, 0) is 5.54 Å². The maximum Gasteiger partial charge on any atom is 0.269 e. The van der Waals surface area contributed by atoms with Gasteiger partial charge < -0.3 is 5.32 Å². The first kappa shape index (κ1) is 11.5. The Hall–Kier alpha value is -0.960. The molecule has 1 unspecified atom stereocenters. The summed E-state index contributed by atoms with van der Waals surface area (Å²) in [6, 6.07) is 7.37. The van der Waals surface area contributed by atoms with Gasteiger partial charge in [0.1, 0.15) is 5.54 Å². The van der Waals surface area contributed by atoms with Crippen molar-refractivity contribution in [3.63, 3.8) is 0 Å². The van der Waals surface area contributed by atoms with Crippen LogP contribution in [0, 0.1) is 6.92 Å². The lowest BCUT2D eigenvalue weighted by atomic mass is 9.79. The van der Waals surface area contributed by atoms with E-state index in [1.807, 2.05) is 25.1 Å². The van der Waals surface area contributed by atoms with Gasteiger partial charge in [-0.3, -0.25) is 0 Å². The van der Waals surface area contributed by atoms with E-state index < -0.39 is 11.5 Å². The minimum absolute atomic E-state index is 0.0369. The molecule has 2 rings (SSSR count). The van der Waals surface area contributed by atoms with Crippen LogP contribution in [0.25, 0.3) is 0 Å². The van der Waals surface area contributed by atoms with Crippen molar-refractivity contribution in [2.45, 2.75) is 38.2 Å². The Kier molecular flexibility index (Phi) is 2.74. The van der Waals surface area contributed by atoms with E-state index >= 15 is 0 Å². The van der Waals surface area contributed by atoms with Crippen LogP contribution in [-0.4, -0.2) is 12.5 Å². The number of hydrogen-bond acceptors (Lipinski definition) is 1. The van der Waals surface area contributed by atoms with Crippen molar-refractivity contribution < 1.29 is 8.78 Å². The Morgan fingerprint density at radius 3 is 2.56 bits per heavy atom. The van der Waals surface area contributed by atoms with Crippen molar-refractivity contribution in [1.82, 2.24) is 5.32 Å². The van der Waals surface area contributed by atoms with Crippen LogP contribution in [0.1, 0.15) is 30.9 Å². The molecule has 1 saturated heterocycles. The fourth-order valence-corrected chi connectivity index (χ4v) is 2.45. The zero-order valence-corrected chi connectivity index (χ0v) is 9.69. The van der Waals surface area contributed by atoms with Gasteiger partial charge in [-0.05, 0) is 37.9 Å². The molecule has 1 fully saturated rings. The first-order chi connectivity index (χ1) is 7.47. The van der Waals surface area contributed by atoms with Crippen molar-refractivity contribution in [2.24, 2.45) is 0 Å². The molecule has 1 aromatic carbocycles. The fourth-order valence-electron chi connectivity index (χ4n) is 2.45. The Balaban J connectivity index is 2.48. The van der Waals surface area contributed by atoms with Crippen LogP contribution in [0.15, 0.2) is 24.3 Å². The highest BCUT2D eigenvalue weighted by atomic mass is 19.3. The molecule has 0 saturated carbocycles. The van der Waals surface area contributed by atoms with E-state index in [9.17, 15) is 8.78 Å². The number of aryl methyl sites for hydroxylation is 1. The Labute approximate surface area is 94.9 Å². The van der Waals surface area contributed by atoms with Gasteiger partial charge in [0.25, 0.3) is 5.92 Å². The quantitative estimate of drug-likeness (QED) is 0.773. The summed E-state index contributed by atoms with van der Waals surface area (Å²) in [5, 5.41) is 2.99. The molecule has 0 aromatic heterocycles. The molecule has 1 N–H and O–H groups in total. The van der Waals surface area contributed by atoms with Crippen LogP contribution < -0.4 is 5.32 Å². The van der Waals surface area contributed by atoms with Crippen LogP contribution in [0.2, 0.25) is 0 Å². The molecule has 3 heteroatoms. The number of rotatable bonds is 1. The summed E-state index contributed by atoms with van der Waals surface area (Å²) >= 11 is 0. The zero-order valence-electron chi connectivity index (χ0n) is 9.69. The van der Waals surface area contributed by atoms with Crippen LogP contribution in [0.5, 0.6) is 0 Å². The number of benzene rings is 1. The van der Waals surface area contributed by atoms with Crippen LogP contribution in [0.3, 0.4) is 0 Å². The fraction of sp³-hybridized carbons (Fsp3) is 0.538. The van der Waals surface area contributed by atoms with E-state index in [1.54, 1.807) is 13.0 Å². The number of piperidine rings is 1. The third-order valence-electron chi connectivity index (χ3n) is 3.56. The summed E-state index contributed by atoms with van der Waals surface area (Å²) in [5.41, 5.74) is 0.398. The average molecular weight is 225 g/mol. The molecule has 0 spiro atoms. The minimum atomic E-state index is -2.68. The second kappa shape index (κ2) is 3.81. The van der Waals surface area contributed by atoms with Crippen molar-refractivity contribution in [3.05, 3.63) is 35.4 Å². The second-order valence-corrected chi connectivity index (χ2v) is 4.67. The highest BCUT2D eigenvalue weighted by molar-refractivity contribution is 5.34. The summed E-state index contributed by atoms with van der Waals surface area (Å²) in [5.74, 6) is -2.68. The van der Waals surface area contributed by atoms with Gasteiger partial charge in [-0.15, -0.1) is 0 Å². The van der Waals surface area contributed by atoms with Gasteiger partial charge in [0, 0.05) is 6.42 Å². The lowest BCUT2D eigenvalue weighted by Gasteiger charge is -2.43. The first-order valence-corrected chi connectivity index (χ1v) is 5.66. The topological polar surface area (TPSA) is 12.0 Å². The number of nitrogens with one attached hydrogen (secondary N) is 1. The standard InChI is InChI=1S/C13H17F2N/c1-10-6-3-4-7-11(10)12(2)13(14,15)8-5-9-16-12/h3-4,6-7,16H,5,8-9H2,1-2H3. The van der Waals surface area contributed by atoms with E-state index in [0.717, 1.165) is 5.56 Å². The summed E-state index contributed by atoms with van der Waals surface area (Å²) in [6.07, 6.45) is 0.499. The third kappa shape index (κ3) is 1.63. The molecule has 1 aromatic rings. The predicted molar refractivity (Wildman–Crippen MR) is 60.7 cm³/mol. The lowest BCUT2D eigenvalue weighted by molar-refractivity contribution is -0.110. The van der Waals surface area contributed by atoms with Gasteiger partial charge in [-0.2, -0.15) is 0 Å². The molecule has 1 aliphatic heterocycles. The summed E-state index contributed by atoms with van der Waals surface area (Å²) in [7, 11) is 0. The largest absolute Gasteiger partial charge is 0.303 e. The highest BCUT2D eigenvalue weighted by Crippen LogP contribution is 2.43. The number of halogens is 2. The van der Waals surface area contributed by atoms with Gasteiger partial charge in [0.05, 0.1) is 0 Å². The van der Waals surface area contributed by atoms with E-state index in [4.69, 9.17) is 0 Å². The van der Waals surface area contributed by atoms with Gasteiger partial charge in [0.2, 0.25) is 0 Å². The molecule has 0 radical (unpaired) electrons. The van der Waals surface area contributed by atoms with Crippen LogP contribution >= 0.6 is 0 Å². The smallest absolute Gasteiger partial charge is 0.269 e.